The summed E-state index contributed by atoms with van der Waals surface area (Å²) in [6.45, 7) is 2.28. The fourth-order valence-electron chi connectivity index (χ4n) is 1.61. The summed E-state index contributed by atoms with van der Waals surface area (Å²) in [4.78, 5) is 0. The number of hydrogen-bond acceptors (Lipinski definition) is 4. The molecule has 0 saturated heterocycles. The molecular weight excluding hydrogens is 288 g/mol. The molecule has 0 unspecified atom stereocenters. The topological polar surface area (TPSA) is 85.3 Å². The number of halogens is 1. The predicted molar refractivity (Wildman–Crippen MR) is 73.6 cm³/mol. The monoisotopic (exact) mass is 300 g/mol. The normalized spacial score (nSPS) is 11.5. The van der Waals surface area contributed by atoms with Crippen LogP contribution in [0.1, 0.15) is 11.3 Å². The largest absolute Gasteiger partial charge is 0.446 e. The molecule has 0 aliphatic rings. The van der Waals surface area contributed by atoms with Crippen molar-refractivity contribution in [1.29, 1.82) is 0 Å². The third-order valence-corrected chi connectivity index (χ3v) is 3.57. The van der Waals surface area contributed by atoms with Gasteiger partial charge in [0, 0.05) is 10.7 Å². The number of nitrogens with two attached hydrogens (primary N) is 1. The Kier molecular flexibility index (Phi) is 3.84. The lowest BCUT2D eigenvalue weighted by Crippen LogP contribution is -2.10. The van der Waals surface area contributed by atoms with E-state index in [1.165, 1.54) is 6.07 Å². The summed E-state index contributed by atoms with van der Waals surface area (Å²) < 4.78 is 27.3. The standard InChI is InChI=1S/C12H13ClN2O3S/c1-8-6-9(13)2-4-11(8)15-7-10-3-5-12(18-10)19(14,16)17/h2-6,15H,7H2,1H3,(H2,14,16,17). The Bertz CT molecular complexity index is 695. The van der Waals surface area contributed by atoms with Gasteiger partial charge in [-0.25, -0.2) is 13.6 Å². The van der Waals surface area contributed by atoms with Crippen LogP contribution in [0.5, 0.6) is 0 Å². The average molecular weight is 301 g/mol. The molecule has 1 heterocycles. The van der Waals surface area contributed by atoms with Crippen LogP contribution in [0.2, 0.25) is 5.02 Å². The van der Waals surface area contributed by atoms with Crippen molar-refractivity contribution in [2.75, 3.05) is 5.32 Å². The average Bonchev–Trinajstić information content (AvgIpc) is 2.76. The Morgan fingerprint density at radius 2 is 2.05 bits per heavy atom. The molecule has 19 heavy (non-hydrogen) atoms. The Hall–Kier alpha value is -1.50. The summed E-state index contributed by atoms with van der Waals surface area (Å²) in [5.41, 5.74) is 1.89. The highest BCUT2D eigenvalue weighted by atomic mass is 35.5. The van der Waals surface area contributed by atoms with E-state index in [0.717, 1.165) is 11.3 Å². The van der Waals surface area contributed by atoms with Crippen LogP contribution in [0, 0.1) is 6.92 Å². The molecule has 5 nitrogen and oxygen atoms in total. The molecule has 1 aromatic heterocycles. The van der Waals surface area contributed by atoms with Crippen molar-refractivity contribution >= 4 is 27.3 Å². The lowest BCUT2D eigenvalue weighted by Gasteiger charge is -2.08. The van der Waals surface area contributed by atoms with Gasteiger partial charge in [-0.1, -0.05) is 11.6 Å². The van der Waals surface area contributed by atoms with Gasteiger partial charge in [0.05, 0.1) is 6.54 Å². The van der Waals surface area contributed by atoms with Crippen molar-refractivity contribution < 1.29 is 12.8 Å². The number of anilines is 1. The van der Waals surface area contributed by atoms with Crippen molar-refractivity contribution in [3.63, 3.8) is 0 Å². The van der Waals surface area contributed by atoms with Crippen LogP contribution in [0.4, 0.5) is 5.69 Å². The highest BCUT2D eigenvalue weighted by Gasteiger charge is 2.13. The van der Waals surface area contributed by atoms with E-state index >= 15 is 0 Å². The van der Waals surface area contributed by atoms with Gasteiger partial charge in [-0.3, -0.25) is 0 Å². The Morgan fingerprint density at radius 1 is 1.32 bits per heavy atom. The molecule has 1 aromatic carbocycles. The molecule has 0 bridgehead atoms. The van der Waals surface area contributed by atoms with E-state index in [1.807, 2.05) is 19.1 Å². The molecule has 0 aliphatic carbocycles. The first kappa shape index (κ1) is 13.9. The zero-order valence-electron chi connectivity index (χ0n) is 10.2. The van der Waals surface area contributed by atoms with Gasteiger partial charge >= 0.3 is 0 Å². The third-order valence-electron chi connectivity index (χ3n) is 2.56. The molecule has 0 saturated carbocycles. The summed E-state index contributed by atoms with van der Waals surface area (Å²) in [6.07, 6.45) is 0. The van der Waals surface area contributed by atoms with E-state index in [4.69, 9.17) is 21.2 Å². The maximum atomic E-state index is 11.1. The van der Waals surface area contributed by atoms with Crippen molar-refractivity contribution in [3.8, 4) is 0 Å². The number of furan rings is 1. The van der Waals surface area contributed by atoms with Crippen molar-refractivity contribution in [1.82, 2.24) is 0 Å². The van der Waals surface area contributed by atoms with Crippen LogP contribution in [-0.4, -0.2) is 8.42 Å². The zero-order chi connectivity index (χ0) is 14.0. The summed E-state index contributed by atoms with van der Waals surface area (Å²) in [7, 11) is -3.79. The minimum atomic E-state index is -3.79. The third kappa shape index (κ3) is 3.50. The lowest BCUT2D eigenvalue weighted by molar-refractivity contribution is 0.419. The molecule has 3 N–H and O–H groups in total. The van der Waals surface area contributed by atoms with Gasteiger partial charge in [0.2, 0.25) is 5.09 Å². The van der Waals surface area contributed by atoms with Crippen LogP contribution in [0.3, 0.4) is 0 Å². The van der Waals surface area contributed by atoms with Gasteiger partial charge in [-0.05, 0) is 42.8 Å². The van der Waals surface area contributed by atoms with Crippen LogP contribution in [-0.2, 0) is 16.6 Å². The molecular formula is C12H13ClN2O3S. The van der Waals surface area contributed by atoms with E-state index < -0.39 is 10.0 Å². The van der Waals surface area contributed by atoms with Gasteiger partial charge < -0.3 is 9.73 Å². The minimum Gasteiger partial charge on any atom is -0.446 e. The molecule has 0 aliphatic heterocycles. The summed E-state index contributed by atoms with van der Waals surface area (Å²) in [6, 6.07) is 8.36. The zero-order valence-corrected chi connectivity index (χ0v) is 11.8. The SMILES string of the molecule is Cc1cc(Cl)ccc1NCc1ccc(S(N)(=O)=O)o1. The minimum absolute atomic E-state index is 0.239. The van der Waals surface area contributed by atoms with Crippen LogP contribution >= 0.6 is 11.6 Å². The lowest BCUT2D eigenvalue weighted by atomic mass is 10.2. The van der Waals surface area contributed by atoms with Crippen LogP contribution in [0.25, 0.3) is 0 Å². The fourth-order valence-corrected chi connectivity index (χ4v) is 2.32. The van der Waals surface area contributed by atoms with Gasteiger partial charge in [0.25, 0.3) is 10.0 Å². The first-order chi connectivity index (χ1) is 8.86. The number of hydrogen-bond donors (Lipinski definition) is 2. The first-order valence-corrected chi connectivity index (χ1v) is 7.40. The molecule has 2 rings (SSSR count). The molecule has 0 spiro atoms. The maximum absolute atomic E-state index is 11.1. The Morgan fingerprint density at radius 3 is 2.63 bits per heavy atom. The maximum Gasteiger partial charge on any atom is 0.271 e. The highest BCUT2D eigenvalue weighted by Crippen LogP contribution is 2.21. The second kappa shape index (κ2) is 5.24. The van der Waals surface area contributed by atoms with Crippen LogP contribution in [0.15, 0.2) is 39.8 Å². The van der Waals surface area contributed by atoms with Crippen molar-refractivity contribution in [3.05, 3.63) is 46.7 Å². The second-order valence-corrected chi connectivity index (χ2v) is 6.01. The molecule has 0 fully saturated rings. The summed E-state index contributed by atoms with van der Waals surface area (Å²) >= 11 is 5.86. The highest BCUT2D eigenvalue weighted by molar-refractivity contribution is 7.89. The summed E-state index contributed by atoms with van der Waals surface area (Å²) in [5.74, 6) is 0.485. The van der Waals surface area contributed by atoms with Crippen molar-refractivity contribution in [2.24, 2.45) is 5.14 Å². The Labute approximate surface area is 116 Å². The molecule has 2 aromatic rings. The van der Waals surface area contributed by atoms with Crippen LogP contribution < -0.4 is 10.5 Å². The molecule has 0 atom stereocenters. The number of rotatable bonds is 4. The van der Waals surface area contributed by atoms with Gasteiger partial charge in [-0.2, -0.15) is 0 Å². The number of primary sulfonamides is 1. The quantitative estimate of drug-likeness (QED) is 0.908. The van der Waals surface area contributed by atoms with E-state index in [1.54, 1.807) is 12.1 Å². The Balaban J connectivity index is 2.09. The smallest absolute Gasteiger partial charge is 0.271 e. The van der Waals surface area contributed by atoms with E-state index in [-0.39, 0.29) is 5.09 Å². The van der Waals surface area contributed by atoms with E-state index in [0.29, 0.717) is 17.3 Å². The number of aryl methyl sites for hydroxylation is 1. The number of benzene rings is 1. The van der Waals surface area contributed by atoms with Gasteiger partial charge in [-0.15, -0.1) is 0 Å². The molecule has 0 amide bonds. The summed E-state index contributed by atoms with van der Waals surface area (Å²) in [5, 5.41) is 8.52. The second-order valence-electron chi connectivity index (χ2n) is 4.08. The van der Waals surface area contributed by atoms with Gasteiger partial charge in [0.15, 0.2) is 0 Å². The van der Waals surface area contributed by atoms with Gasteiger partial charge in [0.1, 0.15) is 5.76 Å². The number of sulfonamides is 1. The molecule has 7 heteroatoms. The fraction of sp³-hybridized carbons (Fsp3) is 0.167. The van der Waals surface area contributed by atoms with E-state index in [2.05, 4.69) is 5.32 Å². The molecule has 0 radical (unpaired) electrons. The number of nitrogens with one attached hydrogen (secondary N) is 1. The van der Waals surface area contributed by atoms with E-state index in [9.17, 15) is 8.42 Å². The first-order valence-electron chi connectivity index (χ1n) is 5.48. The molecule has 102 valence electrons. The van der Waals surface area contributed by atoms with Crippen molar-refractivity contribution in [2.45, 2.75) is 18.6 Å². The predicted octanol–water partition coefficient (Wildman–Crippen LogP) is 2.50.